The van der Waals surface area contributed by atoms with Gasteiger partial charge in [-0.25, -0.2) is 5.48 Å². The van der Waals surface area contributed by atoms with Crippen molar-refractivity contribution < 1.29 is 24.0 Å². The van der Waals surface area contributed by atoms with Crippen LogP contribution < -0.4 is 21.4 Å². The third-order valence-corrected chi connectivity index (χ3v) is 4.83. The van der Waals surface area contributed by atoms with Crippen molar-refractivity contribution in [3.63, 3.8) is 0 Å². The Balaban J connectivity index is 3.04. The molecule has 5 N–H and O–H groups in total. The normalized spacial score (nSPS) is 14.7. The van der Waals surface area contributed by atoms with E-state index in [2.05, 4.69) is 16.0 Å². The molecule has 9 nitrogen and oxygen atoms in total. The Morgan fingerprint density at radius 3 is 2.27 bits per heavy atom. The van der Waals surface area contributed by atoms with Crippen molar-refractivity contribution in [1.82, 2.24) is 21.4 Å². The van der Waals surface area contributed by atoms with Gasteiger partial charge >= 0.3 is 0 Å². The molecule has 170 valence electrons. The molecule has 1 aromatic rings. The van der Waals surface area contributed by atoms with E-state index in [4.69, 9.17) is 4.42 Å². The molecule has 0 saturated carbocycles. The maximum absolute atomic E-state index is 13.2. The van der Waals surface area contributed by atoms with Crippen LogP contribution in [0.2, 0.25) is 0 Å². The Bertz CT molecular complexity index is 682. The number of furan rings is 1. The Morgan fingerprint density at radius 1 is 1.13 bits per heavy atom. The summed E-state index contributed by atoms with van der Waals surface area (Å²) in [6, 6.07) is 1.84. The molecule has 1 heterocycles. The van der Waals surface area contributed by atoms with Crippen LogP contribution in [0.15, 0.2) is 22.8 Å². The molecule has 0 bridgehead atoms. The Kier molecular flexibility index (Phi) is 10.0. The quantitative estimate of drug-likeness (QED) is 0.268. The number of nitrogens with one attached hydrogen (secondary N) is 4. The van der Waals surface area contributed by atoms with Gasteiger partial charge in [0.25, 0.3) is 5.91 Å². The average molecular weight is 425 g/mol. The molecule has 0 spiro atoms. The summed E-state index contributed by atoms with van der Waals surface area (Å²) >= 11 is 0. The smallest absolute Gasteiger partial charge is 0.261 e. The van der Waals surface area contributed by atoms with E-state index in [0.29, 0.717) is 19.4 Å². The fourth-order valence-corrected chi connectivity index (χ4v) is 3.26. The highest BCUT2D eigenvalue weighted by atomic mass is 16.5. The lowest BCUT2D eigenvalue weighted by molar-refractivity contribution is -0.139. The van der Waals surface area contributed by atoms with E-state index in [1.807, 2.05) is 40.7 Å². The van der Waals surface area contributed by atoms with Crippen LogP contribution in [0.3, 0.4) is 0 Å². The summed E-state index contributed by atoms with van der Waals surface area (Å²) in [5.74, 6) is -1.39. The molecule has 0 radical (unpaired) electrons. The Labute approximate surface area is 178 Å². The molecule has 0 fully saturated rings. The number of likely N-dealkylation sites (N-methyl/N-ethyl adjacent to an activating group) is 1. The number of hydrogen-bond acceptors (Lipinski definition) is 6. The predicted octanol–water partition coefficient (Wildman–Crippen LogP) is 1.22. The summed E-state index contributed by atoms with van der Waals surface area (Å²) in [5, 5.41) is 17.7. The molecule has 1 rings (SSSR count). The highest BCUT2D eigenvalue weighted by Crippen LogP contribution is 2.22. The summed E-state index contributed by atoms with van der Waals surface area (Å²) in [4.78, 5) is 37.9. The van der Waals surface area contributed by atoms with E-state index in [-0.39, 0.29) is 11.8 Å². The van der Waals surface area contributed by atoms with E-state index >= 15 is 0 Å². The lowest BCUT2D eigenvalue weighted by Gasteiger charge is -2.33. The maximum atomic E-state index is 13.2. The van der Waals surface area contributed by atoms with Gasteiger partial charge in [0.05, 0.1) is 12.2 Å². The minimum atomic E-state index is -0.974. The minimum absolute atomic E-state index is 0.106. The number of amides is 3. The zero-order valence-corrected chi connectivity index (χ0v) is 18.7. The van der Waals surface area contributed by atoms with Crippen LogP contribution in [0.4, 0.5) is 0 Å². The molecule has 3 amide bonds. The molecule has 0 aliphatic rings. The first kappa shape index (κ1) is 25.6. The molecular formula is C21H36N4O5. The van der Waals surface area contributed by atoms with Crippen molar-refractivity contribution in [2.75, 3.05) is 13.6 Å². The van der Waals surface area contributed by atoms with Crippen LogP contribution in [-0.2, 0) is 20.8 Å². The van der Waals surface area contributed by atoms with Crippen molar-refractivity contribution >= 4 is 17.7 Å². The number of hydroxylamine groups is 1. The average Bonchev–Trinajstić information content (AvgIpc) is 3.19. The second-order valence-electron chi connectivity index (χ2n) is 8.90. The van der Waals surface area contributed by atoms with E-state index in [1.54, 1.807) is 17.8 Å². The summed E-state index contributed by atoms with van der Waals surface area (Å²) in [6.07, 6.45) is 2.47. The van der Waals surface area contributed by atoms with E-state index in [0.717, 1.165) is 5.76 Å². The first-order valence-corrected chi connectivity index (χ1v) is 10.2. The topological polar surface area (TPSA) is 133 Å². The number of rotatable bonds is 11. The third kappa shape index (κ3) is 7.79. The van der Waals surface area contributed by atoms with Gasteiger partial charge in [-0.2, -0.15) is 0 Å². The molecule has 0 unspecified atom stereocenters. The third-order valence-electron chi connectivity index (χ3n) is 4.83. The monoisotopic (exact) mass is 424 g/mol. The van der Waals surface area contributed by atoms with Crippen molar-refractivity contribution in [2.45, 2.75) is 59.5 Å². The van der Waals surface area contributed by atoms with Crippen LogP contribution in [-0.4, -0.2) is 48.6 Å². The van der Waals surface area contributed by atoms with Gasteiger partial charge < -0.3 is 20.4 Å². The molecule has 0 aromatic carbocycles. The second-order valence-corrected chi connectivity index (χ2v) is 8.90. The molecule has 0 aliphatic carbocycles. The highest BCUT2D eigenvalue weighted by Gasteiger charge is 2.38. The number of hydrogen-bond donors (Lipinski definition) is 5. The lowest BCUT2D eigenvalue weighted by atomic mass is 9.84. The Hall–Kier alpha value is -2.39. The van der Waals surface area contributed by atoms with Crippen molar-refractivity contribution in [3.8, 4) is 0 Å². The van der Waals surface area contributed by atoms with Crippen LogP contribution in [0, 0.1) is 17.3 Å². The standard InChI is InChI=1S/C21H36N4O5/c1-13(2)12-15(18(26)24-17(20(28)22-6)21(3,4)5)16(19(27)25-29)23-10-9-14-8-7-11-30-14/h7-8,11,13,15-17,23,29H,9-10,12H2,1-6H3,(H,22,28)(H,24,26)(H,25,27)/t15-,16+,17-/m1/s1. The zero-order valence-electron chi connectivity index (χ0n) is 18.7. The van der Waals surface area contributed by atoms with E-state index < -0.39 is 35.2 Å². The fraction of sp³-hybridized carbons (Fsp3) is 0.667. The first-order valence-electron chi connectivity index (χ1n) is 10.2. The second kappa shape index (κ2) is 11.7. The minimum Gasteiger partial charge on any atom is -0.469 e. The van der Waals surface area contributed by atoms with Gasteiger partial charge in [-0.3, -0.25) is 19.6 Å². The van der Waals surface area contributed by atoms with Crippen LogP contribution >= 0.6 is 0 Å². The summed E-state index contributed by atoms with van der Waals surface area (Å²) in [5.41, 5.74) is 1.12. The van der Waals surface area contributed by atoms with Gasteiger partial charge in [-0.05, 0) is 29.9 Å². The zero-order chi connectivity index (χ0) is 22.9. The molecule has 3 atom stereocenters. The van der Waals surface area contributed by atoms with Crippen molar-refractivity contribution in [1.29, 1.82) is 0 Å². The van der Waals surface area contributed by atoms with Crippen molar-refractivity contribution in [2.24, 2.45) is 17.3 Å². The van der Waals surface area contributed by atoms with Gasteiger partial charge in [-0.1, -0.05) is 34.6 Å². The lowest BCUT2D eigenvalue weighted by Crippen LogP contribution is -2.58. The van der Waals surface area contributed by atoms with Crippen LogP contribution in [0.1, 0.15) is 46.8 Å². The van der Waals surface area contributed by atoms with Crippen LogP contribution in [0.25, 0.3) is 0 Å². The predicted molar refractivity (Wildman–Crippen MR) is 113 cm³/mol. The summed E-state index contributed by atoms with van der Waals surface area (Å²) in [7, 11) is 1.51. The van der Waals surface area contributed by atoms with Crippen molar-refractivity contribution in [3.05, 3.63) is 24.2 Å². The number of carbonyl (C=O) groups excluding carboxylic acids is 3. The largest absolute Gasteiger partial charge is 0.469 e. The SMILES string of the molecule is CNC(=O)[C@@H](NC(=O)[C@H](CC(C)C)[C@H](NCCc1ccco1)C(=O)NO)C(C)(C)C. The highest BCUT2D eigenvalue weighted by molar-refractivity contribution is 5.93. The summed E-state index contributed by atoms with van der Waals surface area (Å²) < 4.78 is 5.29. The van der Waals surface area contributed by atoms with Gasteiger partial charge in [-0.15, -0.1) is 0 Å². The van der Waals surface area contributed by atoms with Gasteiger partial charge in [0.2, 0.25) is 11.8 Å². The molecule has 0 aliphatic heterocycles. The van der Waals surface area contributed by atoms with Gasteiger partial charge in [0, 0.05) is 20.0 Å². The molecule has 0 saturated heterocycles. The van der Waals surface area contributed by atoms with E-state index in [9.17, 15) is 19.6 Å². The van der Waals surface area contributed by atoms with Crippen LogP contribution in [0.5, 0.6) is 0 Å². The first-order chi connectivity index (χ1) is 14.0. The fourth-order valence-electron chi connectivity index (χ4n) is 3.26. The summed E-state index contributed by atoms with van der Waals surface area (Å²) in [6.45, 7) is 9.80. The van der Waals surface area contributed by atoms with Gasteiger partial charge in [0.15, 0.2) is 0 Å². The van der Waals surface area contributed by atoms with Gasteiger partial charge in [0.1, 0.15) is 17.8 Å². The Morgan fingerprint density at radius 2 is 1.80 bits per heavy atom. The molecule has 1 aromatic heterocycles. The molecule has 9 heteroatoms. The van der Waals surface area contributed by atoms with E-state index in [1.165, 1.54) is 7.05 Å². The molecule has 30 heavy (non-hydrogen) atoms. The number of carbonyl (C=O) groups is 3. The molecular weight excluding hydrogens is 388 g/mol. The maximum Gasteiger partial charge on any atom is 0.261 e.